The summed E-state index contributed by atoms with van der Waals surface area (Å²) >= 11 is 0. The molecule has 0 saturated carbocycles. The first-order chi connectivity index (χ1) is 11.2. The number of ether oxygens (including phenoxy) is 1. The van der Waals surface area contributed by atoms with Crippen LogP contribution in [0.1, 0.15) is 18.1 Å². The van der Waals surface area contributed by atoms with Crippen LogP contribution in [0, 0.1) is 0 Å². The van der Waals surface area contributed by atoms with E-state index in [4.69, 9.17) is 9.57 Å². The molecule has 0 saturated heterocycles. The fourth-order valence-electron chi connectivity index (χ4n) is 2.57. The average Bonchev–Trinajstić information content (AvgIpc) is 2.95. The maximum Gasteiger partial charge on any atom is 0.364 e. The fourth-order valence-corrected chi connectivity index (χ4v) is 2.57. The zero-order valence-electron chi connectivity index (χ0n) is 12.6. The summed E-state index contributed by atoms with van der Waals surface area (Å²) in [6, 6.07) is 18.0. The lowest BCUT2D eigenvalue weighted by molar-refractivity contribution is -0.136. The van der Waals surface area contributed by atoms with Crippen molar-refractivity contribution in [3.63, 3.8) is 0 Å². The lowest BCUT2D eigenvalue weighted by atomic mass is 9.81. The number of hydrogen-bond acceptors (Lipinski definition) is 5. The van der Waals surface area contributed by atoms with Crippen molar-refractivity contribution < 1.29 is 19.2 Å². The Balaban J connectivity index is 2.10. The molecule has 2 aromatic carbocycles. The molecule has 0 spiro atoms. The quantitative estimate of drug-likeness (QED) is 0.814. The SMILES string of the molecule is CCOC(=O)C1=NOC(c2ccccc2)(c2ccccc2)C1=O. The number of oxime groups is 1. The van der Waals surface area contributed by atoms with E-state index in [1.807, 2.05) is 12.1 Å². The standard InChI is InChI=1S/C18H15NO4/c1-2-22-17(21)15-16(20)18(23-19-15,13-9-5-3-6-10-13)14-11-7-4-8-12-14/h3-12H,2H2,1H3. The van der Waals surface area contributed by atoms with E-state index >= 15 is 0 Å². The van der Waals surface area contributed by atoms with Gasteiger partial charge < -0.3 is 9.57 Å². The van der Waals surface area contributed by atoms with Crippen molar-refractivity contribution in [3.8, 4) is 0 Å². The van der Waals surface area contributed by atoms with Gasteiger partial charge in [-0.05, 0) is 6.92 Å². The molecule has 0 atom stereocenters. The first-order valence-electron chi connectivity index (χ1n) is 7.29. The molecule has 3 rings (SSSR count). The molecule has 2 aromatic rings. The predicted octanol–water partition coefficient (Wildman–Crippen LogP) is 2.45. The van der Waals surface area contributed by atoms with Crippen LogP contribution in [0.4, 0.5) is 0 Å². The molecule has 1 aliphatic rings. The maximum atomic E-state index is 13.0. The second-order valence-electron chi connectivity index (χ2n) is 4.99. The third-order valence-electron chi connectivity index (χ3n) is 3.64. The lowest BCUT2D eigenvalue weighted by Crippen LogP contribution is -2.40. The van der Waals surface area contributed by atoms with Gasteiger partial charge in [0, 0.05) is 11.1 Å². The number of rotatable bonds is 4. The van der Waals surface area contributed by atoms with Gasteiger partial charge in [-0.25, -0.2) is 4.79 Å². The Labute approximate surface area is 133 Å². The number of carbonyl (C=O) groups is 2. The Morgan fingerprint density at radius 3 is 2.04 bits per heavy atom. The number of ketones is 1. The van der Waals surface area contributed by atoms with Crippen molar-refractivity contribution >= 4 is 17.5 Å². The van der Waals surface area contributed by atoms with Crippen LogP contribution in [0.25, 0.3) is 0 Å². The van der Waals surface area contributed by atoms with Crippen LogP contribution in [0.15, 0.2) is 65.8 Å². The first-order valence-corrected chi connectivity index (χ1v) is 7.29. The number of carbonyl (C=O) groups excluding carboxylic acids is 2. The van der Waals surface area contributed by atoms with Gasteiger partial charge in [-0.15, -0.1) is 0 Å². The summed E-state index contributed by atoms with van der Waals surface area (Å²) in [5.41, 5.74) is -0.553. The van der Waals surface area contributed by atoms with Gasteiger partial charge >= 0.3 is 5.97 Å². The van der Waals surface area contributed by atoms with Gasteiger partial charge in [0.05, 0.1) is 6.61 Å². The van der Waals surface area contributed by atoms with Gasteiger partial charge in [-0.2, -0.15) is 0 Å². The van der Waals surface area contributed by atoms with Crippen LogP contribution >= 0.6 is 0 Å². The molecule has 0 fully saturated rings. The second kappa shape index (κ2) is 6.04. The molecule has 1 aliphatic heterocycles. The summed E-state index contributed by atoms with van der Waals surface area (Å²) in [4.78, 5) is 30.5. The molecular formula is C18H15NO4. The van der Waals surface area contributed by atoms with Crippen molar-refractivity contribution in [2.24, 2.45) is 5.16 Å². The molecule has 0 radical (unpaired) electrons. The fraction of sp³-hybridized carbons (Fsp3) is 0.167. The van der Waals surface area contributed by atoms with E-state index in [2.05, 4.69) is 5.16 Å². The summed E-state index contributed by atoms with van der Waals surface area (Å²) < 4.78 is 4.89. The lowest BCUT2D eigenvalue weighted by Gasteiger charge is -2.25. The predicted molar refractivity (Wildman–Crippen MR) is 83.8 cm³/mol. The zero-order valence-corrected chi connectivity index (χ0v) is 12.6. The number of hydrogen-bond donors (Lipinski definition) is 0. The van der Waals surface area contributed by atoms with E-state index in [-0.39, 0.29) is 12.3 Å². The van der Waals surface area contributed by atoms with Gasteiger partial charge in [0.1, 0.15) is 0 Å². The molecular weight excluding hydrogens is 294 g/mol. The van der Waals surface area contributed by atoms with Crippen LogP contribution in [0.2, 0.25) is 0 Å². The van der Waals surface area contributed by atoms with Crippen molar-refractivity contribution in [1.82, 2.24) is 0 Å². The number of Topliss-reactive ketones (excluding diaryl/α,β-unsaturated/α-hetero) is 1. The van der Waals surface area contributed by atoms with Crippen LogP contribution in [-0.4, -0.2) is 24.1 Å². The average molecular weight is 309 g/mol. The first kappa shape index (κ1) is 15.0. The molecule has 116 valence electrons. The summed E-state index contributed by atoms with van der Waals surface area (Å²) in [5.74, 6) is -1.29. The highest BCUT2D eigenvalue weighted by Gasteiger charge is 2.53. The molecule has 23 heavy (non-hydrogen) atoms. The zero-order chi connectivity index (χ0) is 16.3. The summed E-state index contributed by atoms with van der Waals surface area (Å²) in [7, 11) is 0. The molecule has 0 unspecified atom stereocenters. The van der Waals surface area contributed by atoms with Crippen LogP contribution in [-0.2, 0) is 24.8 Å². The molecule has 0 aliphatic carbocycles. The van der Waals surface area contributed by atoms with E-state index < -0.39 is 17.4 Å². The minimum absolute atomic E-state index is 0.162. The molecule has 0 N–H and O–H groups in total. The van der Waals surface area contributed by atoms with E-state index in [1.165, 1.54) is 0 Å². The highest BCUT2D eigenvalue weighted by Crippen LogP contribution is 2.38. The highest BCUT2D eigenvalue weighted by molar-refractivity contribution is 6.66. The number of benzene rings is 2. The Bertz CT molecular complexity index is 714. The third-order valence-corrected chi connectivity index (χ3v) is 3.64. The van der Waals surface area contributed by atoms with Gasteiger partial charge in [-0.1, -0.05) is 65.8 Å². The van der Waals surface area contributed by atoms with E-state index in [1.54, 1.807) is 55.5 Å². The van der Waals surface area contributed by atoms with Gasteiger partial charge in [0.15, 0.2) is 0 Å². The van der Waals surface area contributed by atoms with Crippen molar-refractivity contribution in [3.05, 3.63) is 71.8 Å². The summed E-state index contributed by atoms with van der Waals surface area (Å²) in [6.45, 7) is 1.83. The minimum atomic E-state index is -1.45. The van der Waals surface area contributed by atoms with Crippen molar-refractivity contribution in [2.75, 3.05) is 6.61 Å². The molecule has 0 aromatic heterocycles. The Morgan fingerprint density at radius 1 is 1.04 bits per heavy atom. The molecule has 5 nitrogen and oxygen atoms in total. The van der Waals surface area contributed by atoms with Gasteiger partial charge in [-0.3, -0.25) is 4.79 Å². The van der Waals surface area contributed by atoms with Crippen LogP contribution < -0.4 is 0 Å². The molecule has 1 heterocycles. The van der Waals surface area contributed by atoms with E-state index in [0.717, 1.165) is 0 Å². The van der Waals surface area contributed by atoms with E-state index in [0.29, 0.717) is 11.1 Å². The van der Waals surface area contributed by atoms with Crippen LogP contribution in [0.3, 0.4) is 0 Å². The Morgan fingerprint density at radius 2 is 1.57 bits per heavy atom. The molecule has 0 bridgehead atoms. The number of nitrogens with zero attached hydrogens (tertiary/aromatic N) is 1. The van der Waals surface area contributed by atoms with Gasteiger partial charge in [0.2, 0.25) is 11.5 Å². The van der Waals surface area contributed by atoms with E-state index in [9.17, 15) is 9.59 Å². The Kier molecular flexibility index (Phi) is 3.93. The second-order valence-corrected chi connectivity index (χ2v) is 4.99. The van der Waals surface area contributed by atoms with Gasteiger partial charge in [0.25, 0.3) is 5.60 Å². The molecule has 5 heteroatoms. The molecule has 0 amide bonds. The maximum absolute atomic E-state index is 13.0. The number of esters is 1. The summed E-state index contributed by atoms with van der Waals surface area (Å²) in [5, 5.41) is 3.73. The largest absolute Gasteiger partial charge is 0.461 e. The third kappa shape index (κ3) is 2.40. The van der Waals surface area contributed by atoms with Crippen LogP contribution in [0.5, 0.6) is 0 Å². The van der Waals surface area contributed by atoms with Crippen molar-refractivity contribution in [1.29, 1.82) is 0 Å². The topological polar surface area (TPSA) is 65.0 Å². The Hall–Kier alpha value is -2.95. The van der Waals surface area contributed by atoms with Crippen molar-refractivity contribution in [2.45, 2.75) is 12.5 Å². The highest BCUT2D eigenvalue weighted by atomic mass is 16.7. The smallest absolute Gasteiger partial charge is 0.364 e. The normalized spacial score (nSPS) is 15.7. The monoisotopic (exact) mass is 309 g/mol. The minimum Gasteiger partial charge on any atom is -0.461 e. The summed E-state index contributed by atoms with van der Waals surface area (Å²) in [6.07, 6.45) is 0.